The first-order valence-corrected chi connectivity index (χ1v) is 7.44. The van der Waals surface area contributed by atoms with Gasteiger partial charge >= 0.3 is 0 Å². The van der Waals surface area contributed by atoms with Crippen molar-refractivity contribution in [2.24, 2.45) is 4.99 Å². The van der Waals surface area contributed by atoms with E-state index < -0.39 is 0 Å². The van der Waals surface area contributed by atoms with E-state index in [1.165, 1.54) is 0 Å². The standard InChI is InChI=1S/C20H25NO/c1-7-9-12-15(3)17(5)21-19(8-2)18(6)22-20-14-11-10-13-16(20)4/h7-14H,6H2,1-5H3/b9-7-,15-12+,19-8-,21-17-. The largest absolute Gasteiger partial charge is 0.455 e. The van der Waals surface area contributed by atoms with Crippen LogP contribution in [0, 0.1) is 6.92 Å². The molecule has 0 aliphatic carbocycles. The molecule has 0 aliphatic heterocycles. The molecule has 0 aromatic heterocycles. The quantitative estimate of drug-likeness (QED) is 0.370. The third-order valence-corrected chi connectivity index (χ3v) is 3.28. The number of aryl methyl sites for hydroxylation is 1. The zero-order valence-electron chi connectivity index (χ0n) is 14.2. The molecule has 1 aromatic carbocycles. The van der Waals surface area contributed by atoms with Crippen molar-refractivity contribution in [2.45, 2.75) is 34.6 Å². The molecule has 0 bridgehead atoms. The van der Waals surface area contributed by atoms with Crippen molar-refractivity contribution in [1.82, 2.24) is 0 Å². The molecule has 0 radical (unpaired) electrons. The lowest BCUT2D eigenvalue weighted by Crippen LogP contribution is -2.01. The maximum absolute atomic E-state index is 5.86. The number of ether oxygens (including phenoxy) is 1. The van der Waals surface area contributed by atoms with Crippen LogP contribution < -0.4 is 4.74 Å². The third kappa shape index (κ3) is 5.21. The Balaban J connectivity index is 2.93. The highest BCUT2D eigenvalue weighted by atomic mass is 16.5. The molecule has 1 rings (SSSR count). The predicted octanol–water partition coefficient (Wildman–Crippen LogP) is 5.77. The summed E-state index contributed by atoms with van der Waals surface area (Å²) >= 11 is 0. The van der Waals surface area contributed by atoms with Crippen LogP contribution in [0.4, 0.5) is 0 Å². The Morgan fingerprint density at radius 3 is 2.45 bits per heavy atom. The van der Waals surface area contributed by atoms with Gasteiger partial charge in [0.25, 0.3) is 0 Å². The second kappa shape index (κ2) is 8.83. The molecule has 2 heteroatoms. The van der Waals surface area contributed by atoms with E-state index in [4.69, 9.17) is 4.74 Å². The molecule has 2 nitrogen and oxygen atoms in total. The molecular formula is C20H25NO. The van der Waals surface area contributed by atoms with E-state index >= 15 is 0 Å². The predicted molar refractivity (Wildman–Crippen MR) is 96.4 cm³/mol. The minimum Gasteiger partial charge on any atom is -0.455 e. The lowest BCUT2D eigenvalue weighted by Gasteiger charge is -2.12. The van der Waals surface area contributed by atoms with Gasteiger partial charge in [0.15, 0.2) is 0 Å². The van der Waals surface area contributed by atoms with Crippen molar-refractivity contribution in [1.29, 1.82) is 0 Å². The fourth-order valence-electron chi connectivity index (χ4n) is 1.77. The number of hydrogen-bond acceptors (Lipinski definition) is 2. The fraction of sp³-hybridized carbons (Fsp3) is 0.250. The minimum atomic E-state index is 0.551. The first-order chi connectivity index (χ1) is 10.5. The molecule has 0 aliphatic rings. The Bertz CT molecular complexity index is 645. The lowest BCUT2D eigenvalue weighted by atomic mass is 10.2. The average Bonchev–Trinajstić information content (AvgIpc) is 2.51. The molecule has 0 amide bonds. The van der Waals surface area contributed by atoms with Gasteiger partial charge in [0.2, 0.25) is 0 Å². The van der Waals surface area contributed by atoms with Crippen molar-refractivity contribution < 1.29 is 4.74 Å². The fourth-order valence-corrected chi connectivity index (χ4v) is 1.77. The number of para-hydroxylation sites is 1. The molecule has 1 aromatic rings. The first-order valence-electron chi connectivity index (χ1n) is 7.44. The van der Waals surface area contributed by atoms with E-state index in [-0.39, 0.29) is 0 Å². The van der Waals surface area contributed by atoms with E-state index in [0.717, 1.165) is 28.3 Å². The van der Waals surface area contributed by atoms with Crippen molar-refractivity contribution >= 4 is 5.71 Å². The van der Waals surface area contributed by atoms with Crippen molar-refractivity contribution in [3.05, 3.63) is 77.7 Å². The van der Waals surface area contributed by atoms with Gasteiger partial charge in [0, 0.05) is 5.71 Å². The van der Waals surface area contributed by atoms with Gasteiger partial charge < -0.3 is 4.74 Å². The summed E-state index contributed by atoms with van der Waals surface area (Å²) in [6.45, 7) is 14.0. The van der Waals surface area contributed by atoms with E-state index in [9.17, 15) is 0 Å². The van der Waals surface area contributed by atoms with Gasteiger partial charge in [-0.1, -0.05) is 49.1 Å². The summed E-state index contributed by atoms with van der Waals surface area (Å²) < 4.78 is 5.86. The number of aliphatic imine (C=N–C) groups is 1. The molecule has 0 heterocycles. The van der Waals surface area contributed by atoms with Crippen molar-refractivity contribution in [3.8, 4) is 5.75 Å². The summed E-state index contributed by atoms with van der Waals surface area (Å²) in [4.78, 5) is 4.62. The van der Waals surface area contributed by atoms with Gasteiger partial charge in [-0.05, 0) is 51.8 Å². The normalized spacial score (nSPS) is 13.6. The second-order valence-electron chi connectivity index (χ2n) is 5.04. The van der Waals surface area contributed by atoms with Crippen LogP contribution in [-0.4, -0.2) is 5.71 Å². The third-order valence-electron chi connectivity index (χ3n) is 3.28. The Morgan fingerprint density at radius 1 is 1.18 bits per heavy atom. The molecule has 0 fully saturated rings. The summed E-state index contributed by atoms with van der Waals surface area (Å²) in [6, 6.07) is 7.88. The first kappa shape index (κ1) is 17.7. The summed E-state index contributed by atoms with van der Waals surface area (Å²) in [5.41, 5.74) is 3.87. The van der Waals surface area contributed by atoms with Gasteiger partial charge in [-0.25, -0.2) is 4.99 Å². The Kier molecular flexibility index (Phi) is 7.11. The highest BCUT2D eigenvalue weighted by Gasteiger charge is 2.06. The molecule has 0 atom stereocenters. The van der Waals surface area contributed by atoms with Crippen LogP contribution >= 0.6 is 0 Å². The van der Waals surface area contributed by atoms with Crippen LogP contribution in [0.3, 0.4) is 0 Å². The van der Waals surface area contributed by atoms with Gasteiger partial charge in [-0.15, -0.1) is 0 Å². The van der Waals surface area contributed by atoms with Crippen LogP contribution in [0.15, 0.2) is 77.2 Å². The number of allylic oxidation sites excluding steroid dienone is 5. The van der Waals surface area contributed by atoms with Gasteiger partial charge in [0.1, 0.15) is 17.2 Å². The molecule has 0 saturated heterocycles. The molecular weight excluding hydrogens is 270 g/mol. The zero-order valence-corrected chi connectivity index (χ0v) is 14.2. The Morgan fingerprint density at radius 2 is 1.86 bits per heavy atom. The number of benzene rings is 1. The van der Waals surface area contributed by atoms with E-state index in [1.54, 1.807) is 0 Å². The number of nitrogens with zero attached hydrogens (tertiary/aromatic N) is 1. The van der Waals surface area contributed by atoms with Crippen LogP contribution in [0.2, 0.25) is 0 Å². The molecule has 0 unspecified atom stereocenters. The highest BCUT2D eigenvalue weighted by Crippen LogP contribution is 2.22. The minimum absolute atomic E-state index is 0.551. The van der Waals surface area contributed by atoms with Gasteiger partial charge in [0.05, 0.1) is 0 Å². The zero-order chi connectivity index (χ0) is 16.5. The average molecular weight is 295 g/mol. The smallest absolute Gasteiger partial charge is 0.145 e. The lowest BCUT2D eigenvalue weighted by molar-refractivity contribution is 0.434. The van der Waals surface area contributed by atoms with E-state index in [1.807, 2.05) is 83.2 Å². The highest BCUT2D eigenvalue weighted by molar-refractivity contribution is 5.98. The number of rotatable bonds is 6. The SMILES string of the molecule is C=C(Oc1ccccc1C)C(=C/C)/N=C(C)\C(C)=C\C=C/C. The molecule has 0 N–H and O–H groups in total. The molecule has 0 spiro atoms. The molecule has 116 valence electrons. The van der Waals surface area contributed by atoms with Crippen molar-refractivity contribution in [2.75, 3.05) is 0 Å². The van der Waals surface area contributed by atoms with Gasteiger partial charge in [-0.2, -0.15) is 0 Å². The maximum atomic E-state index is 5.86. The van der Waals surface area contributed by atoms with E-state index in [0.29, 0.717) is 5.76 Å². The van der Waals surface area contributed by atoms with Crippen LogP contribution in [-0.2, 0) is 0 Å². The summed E-state index contributed by atoms with van der Waals surface area (Å²) in [6.07, 6.45) is 7.94. The second-order valence-corrected chi connectivity index (χ2v) is 5.04. The molecule has 22 heavy (non-hydrogen) atoms. The Hall–Kier alpha value is -2.35. The Labute approximate surface area is 134 Å². The van der Waals surface area contributed by atoms with Crippen LogP contribution in [0.1, 0.15) is 33.3 Å². The summed E-state index contributed by atoms with van der Waals surface area (Å²) in [5.74, 6) is 1.36. The molecule has 0 saturated carbocycles. The summed E-state index contributed by atoms with van der Waals surface area (Å²) in [7, 11) is 0. The van der Waals surface area contributed by atoms with Crippen LogP contribution in [0.5, 0.6) is 5.75 Å². The topological polar surface area (TPSA) is 21.6 Å². The van der Waals surface area contributed by atoms with Crippen LogP contribution in [0.25, 0.3) is 0 Å². The van der Waals surface area contributed by atoms with Gasteiger partial charge in [-0.3, -0.25) is 0 Å². The van der Waals surface area contributed by atoms with E-state index in [2.05, 4.69) is 11.6 Å². The van der Waals surface area contributed by atoms with Crippen molar-refractivity contribution in [3.63, 3.8) is 0 Å². The monoisotopic (exact) mass is 295 g/mol. The summed E-state index contributed by atoms with van der Waals surface area (Å²) in [5, 5.41) is 0. The number of hydrogen-bond donors (Lipinski definition) is 0. The maximum Gasteiger partial charge on any atom is 0.145 e.